The molecule has 3 heteroatoms. The maximum atomic E-state index is 11.7. The van der Waals surface area contributed by atoms with Gasteiger partial charge in [0.1, 0.15) is 5.78 Å². The van der Waals surface area contributed by atoms with Crippen molar-refractivity contribution in [3.8, 4) is 0 Å². The Morgan fingerprint density at radius 2 is 0.800 bits per heavy atom. The third-order valence-electron chi connectivity index (χ3n) is 3.68. The molecule has 0 rings (SSSR count). The van der Waals surface area contributed by atoms with Crippen LogP contribution in [0, 0.1) is 0 Å². The van der Waals surface area contributed by atoms with Gasteiger partial charge in [0.05, 0.1) is 0 Å². The average molecular weight is 323 g/mol. The summed E-state index contributed by atoms with van der Waals surface area (Å²) < 4.78 is 0. The first-order chi connectivity index (χ1) is 9.81. The van der Waals surface area contributed by atoms with Gasteiger partial charge in [0, 0.05) is 24.6 Å². The molecule has 0 aliphatic heterocycles. The second-order valence-corrected chi connectivity index (χ2v) is 6.42. The second-order valence-electron chi connectivity index (χ2n) is 5.66. The standard InChI is InChI=1S/C17H32Cl2O/c18-15-11-7-3-1-5-9-13-17(20)14-10-6-2-4-8-12-16-19/h1-16H2. The summed E-state index contributed by atoms with van der Waals surface area (Å²) in [5.74, 6) is 2.03. The van der Waals surface area contributed by atoms with E-state index in [1.807, 2.05) is 0 Å². The zero-order valence-electron chi connectivity index (χ0n) is 13.0. The molecule has 0 fully saturated rings. The van der Waals surface area contributed by atoms with E-state index in [-0.39, 0.29) is 0 Å². The Hall–Kier alpha value is 0.250. The van der Waals surface area contributed by atoms with Gasteiger partial charge in [-0.1, -0.05) is 51.4 Å². The molecule has 0 bridgehead atoms. The van der Waals surface area contributed by atoms with Crippen LogP contribution in [0.4, 0.5) is 0 Å². The average Bonchev–Trinajstić information content (AvgIpc) is 2.45. The SMILES string of the molecule is O=C(CCCCCCCCCl)CCCCCCCCCl. The molecule has 0 N–H and O–H groups in total. The summed E-state index contributed by atoms with van der Waals surface area (Å²) in [6, 6.07) is 0. The highest BCUT2D eigenvalue weighted by Crippen LogP contribution is 2.11. The predicted octanol–water partition coefficient (Wildman–Crippen LogP) is 6.49. The molecule has 0 radical (unpaired) electrons. The molecule has 0 amide bonds. The summed E-state index contributed by atoms with van der Waals surface area (Å²) in [7, 11) is 0. The lowest BCUT2D eigenvalue weighted by molar-refractivity contribution is -0.119. The maximum absolute atomic E-state index is 11.7. The Morgan fingerprint density at radius 3 is 1.15 bits per heavy atom. The molecule has 1 nitrogen and oxygen atoms in total. The van der Waals surface area contributed by atoms with Crippen LogP contribution >= 0.6 is 23.2 Å². The Kier molecular flexibility index (Phi) is 17.5. The van der Waals surface area contributed by atoms with Crippen LogP contribution in [0.2, 0.25) is 0 Å². The van der Waals surface area contributed by atoms with Gasteiger partial charge in [0.2, 0.25) is 0 Å². The van der Waals surface area contributed by atoms with Gasteiger partial charge in [0.25, 0.3) is 0 Å². The molecule has 0 saturated heterocycles. The number of halogens is 2. The first-order valence-electron chi connectivity index (χ1n) is 8.45. The summed E-state index contributed by atoms with van der Waals surface area (Å²) in [6.45, 7) is 0. The first kappa shape index (κ1) is 20.2. The van der Waals surface area contributed by atoms with Crippen LogP contribution in [0.15, 0.2) is 0 Å². The summed E-state index contributed by atoms with van der Waals surface area (Å²) in [5.41, 5.74) is 0. The van der Waals surface area contributed by atoms with E-state index in [0.717, 1.165) is 50.3 Å². The third-order valence-corrected chi connectivity index (χ3v) is 4.21. The molecule has 0 unspecified atom stereocenters. The fraction of sp³-hybridized carbons (Fsp3) is 0.941. The van der Waals surface area contributed by atoms with Crippen LogP contribution in [0.25, 0.3) is 0 Å². The van der Waals surface area contributed by atoms with Gasteiger partial charge in [0.15, 0.2) is 0 Å². The van der Waals surface area contributed by atoms with Gasteiger partial charge in [-0.2, -0.15) is 0 Å². The van der Waals surface area contributed by atoms with E-state index in [0.29, 0.717) is 5.78 Å². The zero-order chi connectivity index (χ0) is 14.9. The molecule has 0 aromatic heterocycles. The van der Waals surface area contributed by atoms with Crippen LogP contribution in [0.3, 0.4) is 0 Å². The number of alkyl halides is 2. The smallest absolute Gasteiger partial charge is 0.132 e. The van der Waals surface area contributed by atoms with Crippen LogP contribution < -0.4 is 0 Å². The van der Waals surface area contributed by atoms with Crippen molar-refractivity contribution >= 4 is 29.0 Å². The summed E-state index contributed by atoms with van der Waals surface area (Å²) in [6.07, 6.45) is 15.9. The van der Waals surface area contributed by atoms with E-state index in [4.69, 9.17) is 23.2 Å². The van der Waals surface area contributed by atoms with Crippen LogP contribution in [-0.4, -0.2) is 17.5 Å². The molecule has 0 saturated carbocycles. The van der Waals surface area contributed by atoms with Gasteiger partial charge in [-0.25, -0.2) is 0 Å². The number of carbonyl (C=O) groups excluding carboxylic acids is 1. The third kappa shape index (κ3) is 16.3. The van der Waals surface area contributed by atoms with Crippen molar-refractivity contribution in [1.82, 2.24) is 0 Å². The minimum atomic E-state index is 0.464. The number of Topliss-reactive ketones (excluding diaryl/α,β-unsaturated/α-hetero) is 1. The molecule has 0 aromatic carbocycles. The predicted molar refractivity (Wildman–Crippen MR) is 91.1 cm³/mol. The number of rotatable bonds is 16. The normalized spacial score (nSPS) is 10.9. The number of unbranched alkanes of at least 4 members (excludes halogenated alkanes) is 10. The van der Waals surface area contributed by atoms with E-state index in [9.17, 15) is 4.79 Å². The number of hydrogen-bond donors (Lipinski definition) is 0. The van der Waals surface area contributed by atoms with Crippen molar-refractivity contribution in [3.05, 3.63) is 0 Å². The van der Waals surface area contributed by atoms with E-state index in [1.165, 1.54) is 51.4 Å². The molecule has 0 aliphatic rings. The number of carbonyl (C=O) groups is 1. The van der Waals surface area contributed by atoms with Gasteiger partial charge >= 0.3 is 0 Å². The Morgan fingerprint density at radius 1 is 0.500 bits per heavy atom. The van der Waals surface area contributed by atoms with E-state index in [2.05, 4.69) is 0 Å². The minimum Gasteiger partial charge on any atom is -0.300 e. The quantitative estimate of drug-likeness (QED) is 0.234. The van der Waals surface area contributed by atoms with Gasteiger partial charge in [-0.15, -0.1) is 23.2 Å². The fourth-order valence-corrected chi connectivity index (χ4v) is 2.75. The molecule has 0 atom stereocenters. The minimum absolute atomic E-state index is 0.464. The molecule has 20 heavy (non-hydrogen) atoms. The van der Waals surface area contributed by atoms with E-state index in [1.54, 1.807) is 0 Å². The Bertz CT molecular complexity index is 187. The van der Waals surface area contributed by atoms with Crippen molar-refractivity contribution < 1.29 is 4.79 Å². The number of ketones is 1. The van der Waals surface area contributed by atoms with Crippen molar-refractivity contribution in [2.24, 2.45) is 0 Å². The van der Waals surface area contributed by atoms with E-state index < -0.39 is 0 Å². The van der Waals surface area contributed by atoms with E-state index >= 15 is 0 Å². The molecule has 120 valence electrons. The van der Waals surface area contributed by atoms with Gasteiger partial charge in [-0.3, -0.25) is 4.79 Å². The lowest BCUT2D eigenvalue weighted by atomic mass is 10.0. The lowest BCUT2D eigenvalue weighted by Crippen LogP contribution is -1.97. The van der Waals surface area contributed by atoms with Crippen molar-refractivity contribution in [2.45, 2.75) is 89.9 Å². The molecule has 0 heterocycles. The second kappa shape index (κ2) is 17.3. The first-order valence-corrected chi connectivity index (χ1v) is 9.51. The maximum Gasteiger partial charge on any atom is 0.132 e. The van der Waals surface area contributed by atoms with Crippen LogP contribution in [0.5, 0.6) is 0 Å². The monoisotopic (exact) mass is 322 g/mol. The van der Waals surface area contributed by atoms with Crippen molar-refractivity contribution in [1.29, 1.82) is 0 Å². The van der Waals surface area contributed by atoms with Crippen molar-refractivity contribution in [3.63, 3.8) is 0 Å². The lowest BCUT2D eigenvalue weighted by Gasteiger charge is -2.02. The Labute approximate surface area is 135 Å². The Balaban J connectivity index is 3.13. The van der Waals surface area contributed by atoms with Crippen molar-refractivity contribution in [2.75, 3.05) is 11.8 Å². The summed E-state index contributed by atoms with van der Waals surface area (Å²) >= 11 is 11.3. The summed E-state index contributed by atoms with van der Waals surface area (Å²) in [4.78, 5) is 11.7. The number of hydrogen-bond acceptors (Lipinski definition) is 1. The summed E-state index contributed by atoms with van der Waals surface area (Å²) in [5, 5.41) is 0. The molecule has 0 aromatic rings. The molecular formula is C17H32Cl2O. The highest BCUT2D eigenvalue weighted by atomic mass is 35.5. The molecule has 0 spiro atoms. The molecule has 0 aliphatic carbocycles. The van der Waals surface area contributed by atoms with Crippen LogP contribution in [-0.2, 0) is 4.79 Å². The highest BCUT2D eigenvalue weighted by Gasteiger charge is 2.01. The largest absolute Gasteiger partial charge is 0.300 e. The highest BCUT2D eigenvalue weighted by molar-refractivity contribution is 6.18. The molecular weight excluding hydrogens is 291 g/mol. The van der Waals surface area contributed by atoms with Gasteiger partial charge < -0.3 is 0 Å². The van der Waals surface area contributed by atoms with Gasteiger partial charge in [-0.05, 0) is 25.7 Å². The topological polar surface area (TPSA) is 17.1 Å². The fourth-order valence-electron chi connectivity index (χ4n) is 2.37. The van der Waals surface area contributed by atoms with Crippen LogP contribution in [0.1, 0.15) is 89.9 Å². The zero-order valence-corrected chi connectivity index (χ0v) is 14.5.